The summed E-state index contributed by atoms with van der Waals surface area (Å²) in [6, 6.07) is 0. The summed E-state index contributed by atoms with van der Waals surface area (Å²) in [5.41, 5.74) is 0. The fourth-order valence-electron chi connectivity index (χ4n) is 2.10. The normalized spacial score (nSPS) is 22.0. The van der Waals surface area contributed by atoms with Gasteiger partial charge in [-0.1, -0.05) is 25.7 Å². The first-order valence-electron chi connectivity index (χ1n) is 5.37. The lowest BCUT2D eigenvalue weighted by atomic mass is 9.85. The second-order valence-electron chi connectivity index (χ2n) is 3.88. The van der Waals surface area contributed by atoms with Crippen LogP contribution in [0, 0.1) is 11.8 Å². The van der Waals surface area contributed by atoms with Gasteiger partial charge in [0, 0.05) is 0 Å². The van der Waals surface area contributed by atoms with E-state index in [2.05, 4.69) is 31.2 Å². The Kier molecular flexibility index (Phi) is 5.34. The van der Waals surface area contributed by atoms with E-state index in [9.17, 15) is 0 Å². The van der Waals surface area contributed by atoms with Crippen LogP contribution in [0.4, 0.5) is 0 Å². The standard InChI is InChI=1S/C12H21NS/c1-4-5-12(14-3)10(2)11-6-8-13-9-7-11/h4-5,10-11,13H,1,6-9H2,2-3H3/b12-5-. The summed E-state index contributed by atoms with van der Waals surface area (Å²) in [7, 11) is 0. The molecule has 1 unspecified atom stereocenters. The summed E-state index contributed by atoms with van der Waals surface area (Å²) < 4.78 is 0. The van der Waals surface area contributed by atoms with Crippen LogP contribution in [-0.4, -0.2) is 19.3 Å². The summed E-state index contributed by atoms with van der Waals surface area (Å²) in [5.74, 6) is 1.56. The van der Waals surface area contributed by atoms with Crippen molar-refractivity contribution in [1.29, 1.82) is 0 Å². The Labute approximate surface area is 92.0 Å². The molecule has 14 heavy (non-hydrogen) atoms. The Hall–Kier alpha value is -0.210. The van der Waals surface area contributed by atoms with Crippen molar-refractivity contribution in [2.45, 2.75) is 19.8 Å². The van der Waals surface area contributed by atoms with Crippen molar-refractivity contribution in [3.05, 3.63) is 23.6 Å². The van der Waals surface area contributed by atoms with Crippen molar-refractivity contribution in [1.82, 2.24) is 5.32 Å². The van der Waals surface area contributed by atoms with E-state index in [0.29, 0.717) is 5.92 Å². The third-order valence-electron chi connectivity index (χ3n) is 3.06. The number of hydrogen-bond acceptors (Lipinski definition) is 2. The molecule has 0 aromatic rings. The maximum atomic E-state index is 3.77. The molecular formula is C12H21NS. The summed E-state index contributed by atoms with van der Waals surface area (Å²) in [6.07, 6.45) is 8.86. The predicted molar refractivity (Wildman–Crippen MR) is 66.6 cm³/mol. The van der Waals surface area contributed by atoms with Gasteiger partial charge in [0.05, 0.1) is 0 Å². The van der Waals surface area contributed by atoms with Gasteiger partial charge in [0.2, 0.25) is 0 Å². The Morgan fingerprint density at radius 2 is 2.14 bits per heavy atom. The van der Waals surface area contributed by atoms with E-state index in [1.165, 1.54) is 30.8 Å². The van der Waals surface area contributed by atoms with Crippen molar-refractivity contribution < 1.29 is 0 Å². The SMILES string of the molecule is C=C/C=C(\SC)C(C)C1CCNCC1. The van der Waals surface area contributed by atoms with Crippen LogP contribution >= 0.6 is 11.8 Å². The van der Waals surface area contributed by atoms with Gasteiger partial charge in [-0.05, 0) is 48.9 Å². The molecule has 0 aromatic carbocycles. The zero-order chi connectivity index (χ0) is 10.4. The van der Waals surface area contributed by atoms with Gasteiger partial charge in [-0.15, -0.1) is 11.8 Å². The van der Waals surface area contributed by atoms with Gasteiger partial charge in [-0.3, -0.25) is 0 Å². The lowest BCUT2D eigenvalue weighted by Crippen LogP contribution is -2.31. The van der Waals surface area contributed by atoms with Crippen molar-refractivity contribution in [3.63, 3.8) is 0 Å². The van der Waals surface area contributed by atoms with Crippen LogP contribution in [0.25, 0.3) is 0 Å². The van der Waals surface area contributed by atoms with E-state index in [1.54, 1.807) is 0 Å². The molecule has 0 aliphatic carbocycles. The van der Waals surface area contributed by atoms with Crippen LogP contribution in [-0.2, 0) is 0 Å². The highest BCUT2D eigenvalue weighted by Gasteiger charge is 2.21. The van der Waals surface area contributed by atoms with Gasteiger partial charge < -0.3 is 5.32 Å². The highest BCUT2D eigenvalue weighted by atomic mass is 32.2. The largest absolute Gasteiger partial charge is 0.317 e. The smallest absolute Gasteiger partial charge is 0.00460 e. The van der Waals surface area contributed by atoms with Crippen LogP contribution in [0.5, 0.6) is 0 Å². The zero-order valence-corrected chi connectivity index (χ0v) is 10.1. The van der Waals surface area contributed by atoms with Crippen LogP contribution in [0.1, 0.15) is 19.8 Å². The molecule has 1 rings (SSSR count). The van der Waals surface area contributed by atoms with E-state index in [4.69, 9.17) is 0 Å². The molecule has 1 aliphatic heterocycles. The third-order valence-corrected chi connectivity index (χ3v) is 4.04. The average molecular weight is 211 g/mol. The molecule has 0 spiro atoms. The number of piperidine rings is 1. The second-order valence-corrected chi connectivity index (χ2v) is 4.76. The van der Waals surface area contributed by atoms with E-state index in [-0.39, 0.29) is 0 Å². The Morgan fingerprint density at radius 1 is 1.50 bits per heavy atom. The number of hydrogen-bond donors (Lipinski definition) is 1. The molecule has 0 radical (unpaired) electrons. The highest BCUT2D eigenvalue weighted by molar-refractivity contribution is 8.02. The Morgan fingerprint density at radius 3 is 2.64 bits per heavy atom. The molecule has 0 aromatic heterocycles. The fraction of sp³-hybridized carbons (Fsp3) is 0.667. The monoisotopic (exact) mass is 211 g/mol. The number of nitrogens with one attached hydrogen (secondary N) is 1. The Balaban J connectivity index is 2.56. The first-order chi connectivity index (χ1) is 6.79. The number of rotatable bonds is 4. The summed E-state index contributed by atoms with van der Waals surface area (Å²) >= 11 is 1.87. The summed E-state index contributed by atoms with van der Waals surface area (Å²) in [6.45, 7) is 8.49. The van der Waals surface area contributed by atoms with Gasteiger partial charge in [-0.2, -0.15) is 0 Å². The minimum absolute atomic E-state index is 0.699. The van der Waals surface area contributed by atoms with Crippen molar-refractivity contribution in [3.8, 4) is 0 Å². The molecule has 1 aliphatic rings. The van der Waals surface area contributed by atoms with Gasteiger partial charge >= 0.3 is 0 Å². The van der Waals surface area contributed by atoms with Gasteiger partial charge in [0.1, 0.15) is 0 Å². The Bertz CT molecular complexity index is 204. The predicted octanol–water partition coefficient (Wildman–Crippen LogP) is 3.06. The second kappa shape index (κ2) is 6.31. The quantitative estimate of drug-likeness (QED) is 0.717. The molecule has 1 nitrogen and oxygen atoms in total. The molecule has 1 heterocycles. The highest BCUT2D eigenvalue weighted by Crippen LogP contribution is 2.32. The van der Waals surface area contributed by atoms with Crippen LogP contribution in [0.3, 0.4) is 0 Å². The van der Waals surface area contributed by atoms with Gasteiger partial charge in [-0.25, -0.2) is 0 Å². The third kappa shape index (κ3) is 3.18. The molecule has 80 valence electrons. The van der Waals surface area contributed by atoms with Crippen molar-refractivity contribution >= 4 is 11.8 Å². The van der Waals surface area contributed by atoms with Gasteiger partial charge in [0.25, 0.3) is 0 Å². The maximum absolute atomic E-state index is 3.77. The lowest BCUT2D eigenvalue weighted by molar-refractivity contribution is 0.311. The first-order valence-corrected chi connectivity index (χ1v) is 6.59. The summed E-state index contributed by atoms with van der Waals surface area (Å²) in [4.78, 5) is 1.48. The van der Waals surface area contributed by atoms with E-state index >= 15 is 0 Å². The van der Waals surface area contributed by atoms with Crippen LogP contribution in [0.2, 0.25) is 0 Å². The van der Waals surface area contributed by atoms with E-state index in [0.717, 1.165) is 5.92 Å². The van der Waals surface area contributed by atoms with Crippen LogP contribution in [0.15, 0.2) is 23.6 Å². The molecule has 1 atom stereocenters. The lowest BCUT2D eigenvalue weighted by Gasteiger charge is -2.29. The topological polar surface area (TPSA) is 12.0 Å². The molecule has 0 saturated carbocycles. The van der Waals surface area contributed by atoms with Crippen LogP contribution < -0.4 is 5.32 Å². The molecule has 0 amide bonds. The van der Waals surface area contributed by atoms with Crippen molar-refractivity contribution in [2.75, 3.05) is 19.3 Å². The van der Waals surface area contributed by atoms with E-state index < -0.39 is 0 Å². The molecule has 1 fully saturated rings. The minimum atomic E-state index is 0.699. The number of thioether (sulfide) groups is 1. The van der Waals surface area contributed by atoms with Crippen molar-refractivity contribution in [2.24, 2.45) is 11.8 Å². The molecule has 1 N–H and O–H groups in total. The zero-order valence-electron chi connectivity index (χ0n) is 9.25. The average Bonchev–Trinajstić information content (AvgIpc) is 2.26. The van der Waals surface area contributed by atoms with Gasteiger partial charge in [0.15, 0.2) is 0 Å². The molecule has 0 bridgehead atoms. The molecule has 2 heteroatoms. The molecular weight excluding hydrogens is 190 g/mol. The maximum Gasteiger partial charge on any atom is -0.00460 e. The summed E-state index contributed by atoms with van der Waals surface area (Å²) in [5, 5.41) is 3.41. The minimum Gasteiger partial charge on any atom is -0.317 e. The molecule has 1 saturated heterocycles. The fourth-order valence-corrected chi connectivity index (χ4v) is 2.89. The first kappa shape index (κ1) is 11.9. The van der Waals surface area contributed by atoms with E-state index in [1.807, 2.05) is 17.8 Å². The number of allylic oxidation sites excluding steroid dienone is 3.